The summed E-state index contributed by atoms with van der Waals surface area (Å²) in [5.41, 5.74) is -0.0943. The molecule has 1 aromatic rings. The average molecular weight is 320 g/mol. The first kappa shape index (κ1) is 10.4. The second kappa shape index (κ2) is 4.03. The summed E-state index contributed by atoms with van der Waals surface area (Å²) < 4.78 is 25.3. The van der Waals surface area contributed by atoms with Crippen LogP contribution < -0.4 is 0 Å². The van der Waals surface area contributed by atoms with Crippen LogP contribution in [-0.4, -0.2) is 0 Å². The summed E-state index contributed by atoms with van der Waals surface area (Å²) in [5.74, 6) is 0. The van der Waals surface area contributed by atoms with E-state index in [2.05, 4.69) is 31.9 Å². The van der Waals surface area contributed by atoms with Gasteiger partial charge in [-0.15, -0.1) is 0 Å². The molecule has 0 spiro atoms. The minimum absolute atomic E-state index is 0.0943. The van der Waals surface area contributed by atoms with Crippen LogP contribution in [0.4, 0.5) is 8.78 Å². The lowest BCUT2D eigenvalue weighted by Crippen LogP contribution is -1.87. The molecule has 0 N–H and O–H groups in total. The van der Waals surface area contributed by atoms with Crippen molar-refractivity contribution in [3.8, 4) is 0 Å². The molecular formula is C7H3Br2ClF2. The summed E-state index contributed by atoms with van der Waals surface area (Å²) in [6.45, 7) is 0. The monoisotopic (exact) mass is 318 g/mol. The number of benzene rings is 1. The molecule has 0 bridgehead atoms. The van der Waals surface area contributed by atoms with Crippen LogP contribution >= 0.6 is 43.5 Å². The third kappa shape index (κ3) is 1.98. The van der Waals surface area contributed by atoms with E-state index in [9.17, 15) is 8.78 Å². The molecule has 1 rings (SSSR count). The normalized spacial score (nSPS) is 10.8. The number of hydrogen-bond donors (Lipinski definition) is 0. The fourth-order valence-corrected chi connectivity index (χ4v) is 2.00. The Morgan fingerprint density at radius 1 is 1.25 bits per heavy atom. The van der Waals surface area contributed by atoms with Crippen molar-refractivity contribution in [2.24, 2.45) is 0 Å². The molecule has 5 heteroatoms. The standard InChI is InChI=1S/C7H3Br2ClF2/c8-4-2-1-3(7(11)12)5(9)6(4)10/h1-2,7H. The van der Waals surface area contributed by atoms with Crippen LogP contribution in [0.2, 0.25) is 5.02 Å². The van der Waals surface area contributed by atoms with Gasteiger partial charge in [-0.25, -0.2) is 8.78 Å². The minimum atomic E-state index is -2.51. The Hall–Kier alpha value is 0.330. The highest BCUT2D eigenvalue weighted by atomic mass is 79.9. The molecule has 66 valence electrons. The molecular weight excluding hydrogens is 317 g/mol. The Morgan fingerprint density at radius 3 is 2.33 bits per heavy atom. The van der Waals surface area contributed by atoms with Gasteiger partial charge in [0.25, 0.3) is 6.43 Å². The smallest absolute Gasteiger partial charge is 0.205 e. The summed E-state index contributed by atoms with van der Waals surface area (Å²) in [7, 11) is 0. The number of halogens is 5. The number of rotatable bonds is 1. The molecule has 0 amide bonds. The molecule has 0 heterocycles. The van der Waals surface area contributed by atoms with Crippen molar-refractivity contribution in [2.75, 3.05) is 0 Å². The minimum Gasteiger partial charge on any atom is -0.205 e. The molecule has 0 nitrogen and oxygen atoms in total. The Kier molecular flexibility index (Phi) is 3.49. The molecule has 0 aliphatic rings. The van der Waals surface area contributed by atoms with E-state index in [-0.39, 0.29) is 15.1 Å². The Balaban J connectivity index is 3.27. The third-order valence-electron chi connectivity index (χ3n) is 1.30. The zero-order chi connectivity index (χ0) is 9.30. The largest absolute Gasteiger partial charge is 0.264 e. The van der Waals surface area contributed by atoms with Crippen LogP contribution in [0.25, 0.3) is 0 Å². The first-order valence-electron chi connectivity index (χ1n) is 2.95. The van der Waals surface area contributed by atoms with E-state index in [0.717, 1.165) is 0 Å². The van der Waals surface area contributed by atoms with Gasteiger partial charge in [0.05, 0.1) is 5.02 Å². The van der Waals surface area contributed by atoms with Gasteiger partial charge in [-0.2, -0.15) is 0 Å². The molecule has 0 fully saturated rings. The van der Waals surface area contributed by atoms with Crippen molar-refractivity contribution in [1.82, 2.24) is 0 Å². The molecule has 0 aromatic heterocycles. The van der Waals surface area contributed by atoms with Crippen LogP contribution in [-0.2, 0) is 0 Å². The molecule has 0 aliphatic carbocycles. The molecule has 0 saturated heterocycles. The van der Waals surface area contributed by atoms with Gasteiger partial charge in [0.1, 0.15) is 0 Å². The summed E-state index contributed by atoms with van der Waals surface area (Å²) in [6.07, 6.45) is -2.51. The molecule has 0 atom stereocenters. The molecule has 0 aliphatic heterocycles. The van der Waals surface area contributed by atoms with Crippen LogP contribution in [0.3, 0.4) is 0 Å². The summed E-state index contributed by atoms with van der Waals surface area (Å²) in [4.78, 5) is 0. The fourth-order valence-electron chi connectivity index (χ4n) is 0.709. The van der Waals surface area contributed by atoms with Crippen LogP contribution in [0.5, 0.6) is 0 Å². The van der Waals surface area contributed by atoms with E-state index >= 15 is 0 Å². The first-order chi connectivity index (χ1) is 5.54. The van der Waals surface area contributed by atoms with Crippen LogP contribution in [0.1, 0.15) is 12.0 Å². The lowest BCUT2D eigenvalue weighted by atomic mass is 10.2. The Bertz CT molecular complexity index is 302. The lowest BCUT2D eigenvalue weighted by Gasteiger charge is -2.05. The predicted octanol–water partition coefficient (Wildman–Crippen LogP) is 4.80. The van der Waals surface area contributed by atoms with Crippen LogP contribution in [0, 0.1) is 0 Å². The van der Waals surface area contributed by atoms with Gasteiger partial charge >= 0.3 is 0 Å². The summed E-state index contributed by atoms with van der Waals surface area (Å²) in [6, 6.07) is 2.82. The van der Waals surface area contributed by atoms with Crippen molar-refractivity contribution in [2.45, 2.75) is 6.43 Å². The quantitative estimate of drug-likeness (QED) is 0.652. The SMILES string of the molecule is FC(F)c1ccc(Br)c(Cl)c1Br. The van der Waals surface area contributed by atoms with Gasteiger partial charge in [-0.05, 0) is 37.9 Å². The van der Waals surface area contributed by atoms with E-state index in [0.29, 0.717) is 4.47 Å². The van der Waals surface area contributed by atoms with Crippen molar-refractivity contribution in [1.29, 1.82) is 0 Å². The second-order valence-corrected chi connectivity index (χ2v) is 4.09. The molecule has 0 saturated carbocycles. The summed E-state index contributed by atoms with van der Waals surface area (Å²) in [5, 5.41) is 0.271. The topological polar surface area (TPSA) is 0 Å². The maximum absolute atomic E-state index is 12.2. The second-order valence-electron chi connectivity index (χ2n) is 2.07. The first-order valence-corrected chi connectivity index (χ1v) is 4.92. The zero-order valence-electron chi connectivity index (χ0n) is 5.62. The molecule has 12 heavy (non-hydrogen) atoms. The third-order valence-corrected chi connectivity index (χ3v) is 3.66. The van der Waals surface area contributed by atoms with Crippen molar-refractivity contribution in [3.63, 3.8) is 0 Å². The van der Waals surface area contributed by atoms with Gasteiger partial charge in [0.15, 0.2) is 0 Å². The van der Waals surface area contributed by atoms with Gasteiger partial charge in [0, 0.05) is 14.5 Å². The van der Waals surface area contributed by atoms with E-state index in [1.807, 2.05) is 0 Å². The molecule has 0 unspecified atom stereocenters. The molecule has 0 radical (unpaired) electrons. The number of hydrogen-bond acceptors (Lipinski definition) is 0. The lowest BCUT2D eigenvalue weighted by molar-refractivity contribution is 0.150. The van der Waals surface area contributed by atoms with Crippen molar-refractivity contribution in [3.05, 3.63) is 31.7 Å². The van der Waals surface area contributed by atoms with Gasteiger partial charge in [0.2, 0.25) is 0 Å². The van der Waals surface area contributed by atoms with Gasteiger partial charge < -0.3 is 0 Å². The number of alkyl halides is 2. The highest BCUT2D eigenvalue weighted by Crippen LogP contribution is 2.37. The Morgan fingerprint density at radius 2 is 1.83 bits per heavy atom. The van der Waals surface area contributed by atoms with Gasteiger partial charge in [-0.3, -0.25) is 0 Å². The van der Waals surface area contributed by atoms with E-state index in [1.165, 1.54) is 12.1 Å². The van der Waals surface area contributed by atoms with Gasteiger partial charge in [-0.1, -0.05) is 17.7 Å². The van der Waals surface area contributed by atoms with E-state index < -0.39 is 6.43 Å². The maximum atomic E-state index is 12.2. The zero-order valence-corrected chi connectivity index (χ0v) is 9.55. The van der Waals surface area contributed by atoms with Crippen molar-refractivity contribution >= 4 is 43.5 Å². The van der Waals surface area contributed by atoms with E-state index in [4.69, 9.17) is 11.6 Å². The average Bonchev–Trinajstić information content (AvgIpc) is 2.00. The molecule has 1 aromatic carbocycles. The maximum Gasteiger partial charge on any atom is 0.264 e. The fraction of sp³-hybridized carbons (Fsp3) is 0.143. The van der Waals surface area contributed by atoms with Crippen molar-refractivity contribution < 1.29 is 8.78 Å². The highest BCUT2D eigenvalue weighted by molar-refractivity contribution is 9.11. The van der Waals surface area contributed by atoms with Crippen LogP contribution in [0.15, 0.2) is 21.1 Å². The predicted molar refractivity (Wildman–Crippen MR) is 51.8 cm³/mol. The summed E-state index contributed by atoms with van der Waals surface area (Å²) >= 11 is 11.8. The van der Waals surface area contributed by atoms with E-state index in [1.54, 1.807) is 0 Å². The highest BCUT2D eigenvalue weighted by Gasteiger charge is 2.14. The Labute approximate surface area is 90.2 Å².